The summed E-state index contributed by atoms with van der Waals surface area (Å²) in [5.41, 5.74) is 4.03. The summed E-state index contributed by atoms with van der Waals surface area (Å²) < 4.78 is 27.9. The molecule has 0 bridgehead atoms. The minimum absolute atomic E-state index is 0.0959. The highest BCUT2D eigenvalue weighted by molar-refractivity contribution is 7.90. The molecular weight excluding hydrogens is 392 g/mol. The maximum absolute atomic E-state index is 12.9. The highest BCUT2D eigenvalue weighted by Crippen LogP contribution is 2.27. The molecule has 1 heterocycles. The molecule has 28 heavy (non-hydrogen) atoms. The number of para-hydroxylation sites is 1. The first-order valence-corrected chi connectivity index (χ1v) is 10.9. The van der Waals surface area contributed by atoms with Gasteiger partial charge in [0.2, 0.25) is 0 Å². The van der Waals surface area contributed by atoms with Crippen molar-refractivity contribution in [2.45, 2.75) is 24.5 Å². The number of sulfone groups is 1. The van der Waals surface area contributed by atoms with Crippen molar-refractivity contribution < 1.29 is 8.42 Å². The number of imidazole rings is 1. The Hall–Kier alpha value is -2.63. The van der Waals surface area contributed by atoms with Crippen molar-refractivity contribution in [2.24, 2.45) is 0 Å². The number of benzene rings is 3. The molecule has 0 saturated carbocycles. The zero-order valence-electron chi connectivity index (χ0n) is 15.6. The third-order valence-corrected chi connectivity index (χ3v) is 7.05. The number of aromatic nitrogens is 2. The summed E-state index contributed by atoms with van der Waals surface area (Å²) in [5.74, 6) is 0.758. The van der Waals surface area contributed by atoms with E-state index in [1.165, 1.54) is 0 Å². The van der Waals surface area contributed by atoms with Gasteiger partial charge in [-0.3, -0.25) is 4.57 Å². The van der Waals surface area contributed by atoms with E-state index in [4.69, 9.17) is 11.6 Å². The second-order valence-electron chi connectivity index (χ2n) is 6.78. The van der Waals surface area contributed by atoms with Crippen LogP contribution in [0.1, 0.15) is 17.0 Å². The summed E-state index contributed by atoms with van der Waals surface area (Å²) in [4.78, 5) is 4.90. The summed E-state index contributed by atoms with van der Waals surface area (Å²) in [6.45, 7) is 3.67. The van der Waals surface area contributed by atoms with E-state index in [1.807, 2.05) is 55.5 Å². The van der Waals surface area contributed by atoms with Gasteiger partial charge >= 0.3 is 0 Å². The largest absolute Gasteiger partial charge is 0.297 e. The minimum Gasteiger partial charge on any atom is -0.297 e. The number of rotatable bonds is 4. The molecule has 0 radical (unpaired) electrons. The van der Waals surface area contributed by atoms with Crippen LogP contribution in [0.15, 0.2) is 71.6 Å². The fourth-order valence-electron chi connectivity index (χ4n) is 3.46. The van der Waals surface area contributed by atoms with E-state index in [0.29, 0.717) is 16.1 Å². The molecule has 6 heteroatoms. The Bertz CT molecular complexity index is 1280. The minimum atomic E-state index is -3.51. The third kappa shape index (κ3) is 3.32. The molecule has 0 N–H and O–H groups in total. The fourth-order valence-corrected chi connectivity index (χ4v) is 5.33. The van der Waals surface area contributed by atoms with E-state index in [2.05, 4.69) is 9.55 Å². The maximum atomic E-state index is 12.9. The normalized spacial score (nSPS) is 11.8. The van der Waals surface area contributed by atoms with Gasteiger partial charge < -0.3 is 0 Å². The number of fused-ring (bicyclic) bond motifs is 1. The van der Waals surface area contributed by atoms with Gasteiger partial charge in [0.05, 0.1) is 21.7 Å². The predicted molar refractivity (Wildman–Crippen MR) is 113 cm³/mol. The molecule has 0 unspecified atom stereocenters. The quantitative estimate of drug-likeness (QED) is 0.460. The molecule has 0 fully saturated rings. The number of halogens is 1. The second kappa shape index (κ2) is 7.08. The number of hydrogen-bond donors (Lipinski definition) is 0. The van der Waals surface area contributed by atoms with Crippen molar-refractivity contribution in [2.75, 3.05) is 0 Å². The molecule has 3 aromatic carbocycles. The van der Waals surface area contributed by atoms with Crippen LogP contribution < -0.4 is 0 Å². The van der Waals surface area contributed by atoms with Gasteiger partial charge in [0, 0.05) is 10.7 Å². The second-order valence-corrected chi connectivity index (χ2v) is 9.14. The lowest BCUT2D eigenvalue weighted by molar-refractivity contribution is 0.594. The number of hydrogen-bond acceptors (Lipinski definition) is 3. The Morgan fingerprint density at radius 1 is 0.964 bits per heavy atom. The van der Waals surface area contributed by atoms with E-state index in [-0.39, 0.29) is 10.6 Å². The van der Waals surface area contributed by atoms with E-state index >= 15 is 0 Å². The molecule has 4 rings (SSSR count). The van der Waals surface area contributed by atoms with E-state index in [1.54, 1.807) is 25.1 Å². The van der Waals surface area contributed by atoms with Crippen LogP contribution in [0.25, 0.3) is 16.7 Å². The van der Waals surface area contributed by atoms with Crippen LogP contribution in [-0.2, 0) is 15.6 Å². The highest BCUT2D eigenvalue weighted by atomic mass is 35.5. The van der Waals surface area contributed by atoms with Gasteiger partial charge in [-0.1, -0.05) is 41.9 Å². The molecule has 1 aromatic heterocycles. The van der Waals surface area contributed by atoms with Gasteiger partial charge in [-0.05, 0) is 61.4 Å². The zero-order chi connectivity index (χ0) is 19.9. The molecule has 0 spiro atoms. The summed E-state index contributed by atoms with van der Waals surface area (Å²) in [6, 6.07) is 20.6. The molecular formula is C22H19ClN2O2S. The third-order valence-electron chi connectivity index (χ3n) is 4.81. The van der Waals surface area contributed by atoms with Gasteiger partial charge in [0.25, 0.3) is 0 Å². The van der Waals surface area contributed by atoms with Crippen LogP contribution in [-0.4, -0.2) is 18.0 Å². The van der Waals surface area contributed by atoms with Gasteiger partial charge in [0.1, 0.15) is 5.82 Å². The van der Waals surface area contributed by atoms with Crippen molar-refractivity contribution >= 4 is 32.5 Å². The van der Waals surface area contributed by atoms with Crippen LogP contribution in [0.4, 0.5) is 0 Å². The average molecular weight is 411 g/mol. The molecule has 142 valence electrons. The van der Waals surface area contributed by atoms with E-state index in [0.717, 1.165) is 22.5 Å². The first-order valence-electron chi connectivity index (χ1n) is 8.88. The van der Waals surface area contributed by atoms with Gasteiger partial charge in [0.15, 0.2) is 9.84 Å². The number of aryl methyl sites for hydroxylation is 1. The molecule has 4 nitrogen and oxygen atoms in total. The Morgan fingerprint density at radius 2 is 1.71 bits per heavy atom. The molecule has 4 aromatic rings. The van der Waals surface area contributed by atoms with Gasteiger partial charge in [-0.2, -0.15) is 0 Å². The average Bonchev–Trinajstić information content (AvgIpc) is 2.99. The maximum Gasteiger partial charge on any atom is 0.182 e. The Kier molecular flexibility index (Phi) is 4.73. The van der Waals surface area contributed by atoms with Crippen LogP contribution in [0.5, 0.6) is 0 Å². The summed E-state index contributed by atoms with van der Waals surface area (Å²) in [7, 11) is -3.51. The first-order chi connectivity index (χ1) is 13.4. The van der Waals surface area contributed by atoms with Crippen LogP contribution >= 0.6 is 11.6 Å². The van der Waals surface area contributed by atoms with Crippen molar-refractivity contribution in [3.05, 3.63) is 88.7 Å². The van der Waals surface area contributed by atoms with Crippen molar-refractivity contribution in [3.8, 4) is 5.69 Å². The topological polar surface area (TPSA) is 52.0 Å². The van der Waals surface area contributed by atoms with Crippen LogP contribution in [0.3, 0.4) is 0 Å². The van der Waals surface area contributed by atoms with Crippen LogP contribution in [0.2, 0.25) is 5.02 Å². The Labute approximate surface area is 169 Å². The summed E-state index contributed by atoms with van der Waals surface area (Å²) in [6.07, 6.45) is 0. The molecule has 0 aliphatic carbocycles. The van der Waals surface area contributed by atoms with E-state index < -0.39 is 9.84 Å². The lowest BCUT2D eigenvalue weighted by Gasteiger charge is -2.10. The molecule has 0 atom stereocenters. The smallest absolute Gasteiger partial charge is 0.182 e. The lowest BCUT2D eigenvalue weighted by atomic mass is 10.2. The summed E-state index contributed by atoms with van der Waals surface area (Å²) in [5, 5.41) is 0.453. The lowest BCUT2D eigenvalue weighted by Crippen LogP contribution is -2.07. The fraction of sp³-hybridized carbons (Fsp3) is 0.136. The van der Waals surface area contributed by atoms with Crippen LogP contribution in [0, 0.1) is 13.8 Å². The highest BCUT2D eigenvalue weighted by Gasteiger charge is 2.20. The monoisotopic (exact) mass is 410 g/mol. The zero-order valence-corrected chi connectivity index (χ0v) is 17.1. The van der Waals surface area contributed by atoms with Crippen molar-refractivity contribution in [3.63, 3.8) is 0 Å². The van der Waals surface area contributed by atoms with Gasteiger partial charge in [-0.25, -0.2) is 13.4 Å². The molecule has 0 aliphatic heterocycles. The van der Waals surface area contributed by atoms with Crippen molar-refractivity contribution in [1.29, 1.82) is 0 Å². The standard InChI is InChI=1S/C22H19ClN2O2S/c1-15-19(23)9-6-10-22(15)28(26,27)14-17-11-12-21-20(13-17)24-16(2)25(21)18-7-4-3-5-8-18/h3-13H,14H2,1-2H3. The number of nitrogens with zero attached hydrogens (tertiary/aromatic N) is 2. The van der Waals surface area contributed by atoms with Gasteiger partial charge in [-0.15, -0.1) is 0 Å². The Morgan fingerprint density at radius 3 is 2.46 bits per heavy atom. The predicted octanol–water partition coefficient (Wildman–Crippen LogP) is 5.27. The summed E-state index contributed by atoms with van der Waals surface area (Å²) >= 11 is 6.10. The molecule has 0 saturated heterocycles. The molecule has 0 amide bonds. The van der Waals surface area contributed by atoms with E-state index in [9.17, 15) is 8.42 Å². The first kappa shape index (κ1) is 18.7. The Balaban J connectivity index is 1.74. The van der Waals surface area contributed by atoms with Crippen molar-refractivity contribution in [1.82, 2.24) is 9.55 Å². The SMILES string of the molecule is Cc1c(Cl)cccc1S(=O)(=O)Cc1ccc2c(c1)nc(C)n2-c1ccccc1. The molecule has 0 aliphatic rings.